The summed E-state index contributed by atoms with van der Waals surface area (Å²) in [7, 11) is 0. The van der Waals surface area contributed by atoms with Crippen LogP contribution in [0, 0.1) is 17.0 Å². The zero-order valence-corrected chi connectivity index (χ0v) is 13.0. The van der Waals surface area contributed by atoms with Crippen LogP contribution >= 0.6 is 0 Å². The van der Waals surface area contributed by atoms with Gasteiger partial charge in [-0.3, -0.25) is 10.1 Å². The van der Waals surface area contributed by atoms with E-state index < -0.39 is 0 Å². The Morgan fingerprint density at radius 3 is 2.39 bits per heavy atom. The fraction of sp³-hybridized carbons (Fsp3) is 0.294. The maximum Gasteiger partial charge on any atom is 0.292 e. The number of hydrogen-bond acceptors (Lipinski definition) is 5. The van der Waals surface area contributed by atoms with Crippen LogP contribution in [0.1, 0.15) is 5.56 Å². The summed E-state index contributed by atoms with van der Waals surface area (Å²) in [5.41, 5.74) is 2.70. The zero-order valence-electron chi connectivity index (χ0n) is 13.0. The van der Waals surface area contributed by atoms with Crippen LogP contribution in [-0.4, -0.2) is 36.2 Å². The molecule has 0 radical (unpaired) electrons. The van der Waals surface area contributed by atoms with Gasteiger partial charge < -0.3 is 14.9 Å². The summed E-state index contributed by atoms with van der Waals surface area (Å²) >= 11 is 0. The number of phenols is 1. The van der Waals surface area contributed by atoms with Crippen LogP contribution in [0.3, 0.4) is 0 Å². The van der Waals surface area contributed by atoms with Gasteiger partial charge in [0, 0.05) is 44.0 Å². The lowest BCUT2D eigenvalue weighted by atomic mass is 10.1. The van der Waals surface area contributed by atoms with Crippen LogP contribution < -0.4 is 9.80 Å². The number of nitro groups is 1. The molecule has 0 bridgehead atoms. The highest BCUT2D eigenvalue weighted by atomic mass is 16.6. The molecule has 6 heteroatoms. The number of piperazine rings is 1. The Hall–Kier alpha value is -2.76. The van der Waals surface area contributed by atoms with Crippen molar-refractivity contribution >= 4 is 17.1 Å². The summed E-state index contributed by atoms with van der Waals surface area (Å²) in [6, 6.07) is 12.5. The van der Waals surface area contributed by atoms with Crippen LogP contribution in [0.25, 0.3) is 0 Å². The van der Waals surface area contributed by atoms with Crippen LogP contribution in [0.15, 0.2) is 42.5 Å². The first kappa shape index (κ1) is 15.1. The molecule has 0 amide bonds. The smallest absolute Gasteiger partial charge is 0.292 e. The van der Waals surface area contributed by atoms with E-state index in [0.717, 1.165) is 24.3 Å². The first-order chi connectivity index (χ1) is 11.0. The van der Waals surface area contributed by atoms with Crippen molar-refractivity contribution in [2.45, 2.75) is 6.92 Å². The van der Waals surface area contributed by atoms with Crippen molar-refractivity contribution in [3.05, 3.63) is 58.1 Å². The van der Waals surface area contributed by atoms with E-state index in [1.807, 2.05) is 31.2 Å². The van der Waals surface area contributed by atoms with E-state index in [4.69, 9.17) is 0 Å². The molecule has 1 saturated heterocycles. The predicted octanol–water partition coefficient (Wildman–Crippen LogP) is 2.94. The molecule has 0 saturated carbocycles. The Kier molecular flexibility index (Phi) is 4.06. The fourth-order valence-electron chi connectivity index (χ4n) is 2.94. The number of benzene rings is 2. The first-order valence-corrected chi connectivity index (χ1v) is 7.58. The minimum atomic E-state index is -0.316. The van der Waals surface area contributed by atoms with Crippen molar-refractivity contribution in [3.8, 4) is 5.75 Å². The maximum absolute atomic E-state index is 11.3. The first-order valence-electron chi connectivity index (χ1n) is 7.58. The molecule has 23 heavy (non-hydrogen) atoms. The topological polar surface area (TPSA) is 69.8 Å². The van der Waals surface area contributed by atoms with E-state index in [2.05, 4.69) is 9.80 Å². The van der Waals surface area contributed by atoms with Gasteiger partial charge in [-0.25, -0.2) is 0 Å². The number of phenolic OH excluding ortho intramolecular Hbond substituents is 1. The Labute approximate surface area is 134 Å². The quantitative estimate of drug-likeness (QED) is 0.697. The highest BCUT2D eigenvalue weighted by Crippen LogP contribution is 2.30. The van der Waals surface area contributed by atoms with E-state index in [1.54, 1.807) is 18.2 Å². The molecule has 1 N–H and O–H groups in total. The molecule has 3 rings (SSSR count). The van der Waals surface area contributed by atoms with E-state index in [0.29, 0.717) is 18.8 Å². The van der Waals surface area contributed by atoms with Crippen molar-refractivity contribution < 1.29 is 10.0 Å². The number of hydrogen-bond donors (Lipinski definition) is 1. The maximum atomic E-state index is 11.3. The lowest BCUT2D eigenvalue weighted by molar-refractivity contribution is -0.384. The number of aromatic hydroxyl groups is 1. The molecule has 1 fully saturated rings. The fourth-order valence-corrected chi connectivity index (χ4v) is 2.94. The average molecular weight is 313 g/mol. The molecule has 1 heterocycles. The number of rotatable bonds is 3. The number of nitrogens with zero attached hydrogens (tertiary/aromatic N) is 3. The molecule has 0 unspecified atom stereocenters. The van der Waals surface area contributed by atoms with Crippen molar-refractivity contribution in [1.29, 1.82) is 0 Å². The summed E-state index contributed by atoms with van der Waals surface area (Å²) in [5.74, 6) is 0.249. The monoisotopic (exact) mass is 313 g/mol. The SMILES string of the molecule is Cc1ccc(N2CCN(c3cccc(O)c3)CC2)c([N+](=O)[O-])c1. The molecule has 1 aliphatic heterocycles. The van der Waals surface area contributed by atoms with Gasteiger partial charge in [0.15, 0.2) is 0 Å². The summed E-state index contributed by atoms with van der Waals surface area (Å²) in [4.78, 5) is 15.2. The molecule has 6 nitrogen and oxygen atoms in total. The number of aryl methyl sites for hydroxylation is 1. The highest BCUT2D eigenvalue weighted by molar-refractivity contribution is 5.65. The summed E-state index contributed by atoms with van der Waals surface area (Å²) < 4.78 is 0. The lowest BCUT2D eigenvalue weighted by Crippen LogP contribution is -2.46. The van der Waals surface area contributed by atoms with E-state index in [1.165, 1.54) is 0 Å². The Morgan fingerprint density at radius 2 is 1.74 bits per heavy atom. The number of nitro benzene ring substituents is 1. The molecule has 1 aliphatic rings. The molecule has 0 aromatic heterocycles. The summed E-state index contributed by atoms with van der Waals surface area (Å²) in [5, 5.41) is 20.9. The van der Waals surface area contributed by atoms with Gasteiger partial charge in [0.05, 0.1) is 4.92 Å². The molecule has 0 atom stereocenters. The van der Waals surface area contributed by atoms with Gasteiger partial charge in [-0.1, -0.05) is 12.1 Å². The molecule has 2 aromatic rings. The van der Waals surface area contributed by atoms with Crippen LogP contribution in [0.4, 0.5) is 17.1 Å². The largest absolute Gasteiger partial charge is 0.508 e. The van der Waals surface area contributed by atoms with Gasteiger partial charge in [-0.15, -0.1) is 0 Å². The number of anilines is 2. The second-order valence-electron chi connectivity index (χ2n) is 5.74. The lowest BCUT2D eigenvalue weighted by Gasteiger charge is -2.37. The summed E-state index contributed by atoms with van der Waals surface area (Å²) in [6.07, 6.45) is 0. The second kappa shape index (κ2) is 6.16. The van der Waals surface area contributed by atoms with Gasteiger partial charge in [-0.05, 0) is 30.7 Å². The zero-order chi connectivity index (χ0) is 16.4. The molecule has 120 valence electrons. The Balaban J connectivity index is 1.76. The van der Waals surface area contributed by atoms with Crippen LogP contribution in [-0.2, 0) is 0 Å². The van der Waals surface area contributed by atoms with E-state index in [9.17, 15) is 15.2 Å². The Morgan fingerprint density at radius 1 is 1.04 bits per heavy atom. The molecule has 0 spiro atoms. The third-order valence-corrected chi connectivity index (χ3v) is 4.14. The van der Waals surface area contributed by atoms with Gasteiger partial charge in [0.25, 0.3) is 5.69 Å². The third-order valence-electron chi connectivity index (χ3n) is 4.14. The Bertz CT molecular complexity index is 725. The average Bonchev–Trinajstić information content (AvgIpc) is 2.55. The van der Waals surface area contributed by atoms with Gasteiger partial charge >= 0.3 is 0 Å². The van der Waals surface area contributed by atoms with Gasteiger partial charge in [0.1, 0.15) is 11.4 Å². The molecule has 0 aliphatic carbocycles. The second-order valence-corrected chi connectivity index (χ2v) is 5.74. The van der Waals surface area contributed by atoms with E-state index in [-0.39, 0.29) is 16.4 Å². The van der Waals surface area contributed by atoms with Crippen molar-refractivity contribution in [1.82, 2.24) is 0 Å². The van der Waals surface area contributed by atoms with Crippen molar-refractivity contribution in [2.24, 2.45) is 0 Å². The standard InChI is InChI=1S/C17H19N3O3/c1-13-5-6-16(17(11-13)20(22)23)19-9-7-18(8-10-19)14-3-2-4-15(21)12-14/h2-6,11-12,21H,7-10H2,1H3. The predicted molar refractivity (Wildman–Crippen MR) is 90.4 cm³/mol. The normalized spacial score (nSPS) is 14.8. The highest BCUT2D eigenvalue weighted by Gasteiger charge is 2.23. The third kappa shape index (κ3) is 3.21. The summed E-state index contributed by atoms with van der Waals surface area (Å²) in [6.45, 7) is 4.79. The molecular formula is C17H19N3O3. The molecule has 2 aromatic carbocycles. The van der Waals surface area contributed by atoms with Crippen molar-refractivity contribution in [2.75, 3.05) is 36.0 Å². The van der Waals surface area contributed by atoms with Gasteiger partial charge in [-0.2, -0.15) is 0 Å². The van der Waals surface area contributed by atoms with E-state index >= 15 is 0 Å². The van der Waals surface area contributed by atoms with Gasteiger partial charge in [0.2, 0.25) is 0 Å². The minimum Gasteiger partial charge on any atom is -0.508 e. The van der Waals surface area contributed by atoms with Crippen LogP contribution in [0.2, 0.25) is 0 Å². The van der Waals surface area contributed by atoms with Crippen LogP contribution in [0.5, 0.6) is 5.75 Å². The molecular weight excluding hydrogens is 294 g/mol. The minimum absolute atomic E-state index is 0.163. The van der Waals surface area contributed by atoms with Crippen molar-refractivity contribution in [3.63, 3.8) is 0 Å².